The SMILES string of the molecule is CCc1ccc2nc(N3C(=O)C(=O)/C(=C(/O)c4ccc(C)cc4)C3c3ccc(OC)cc3)sc2c1. The Balaban J connectivity index is 1.70. The number of rotatable bonds is 5. The Bertz CT molecular complexity index is 1470. The molecule has 0 saturated carbocycles. The number of aryl methyl sites for hydroxylation is 2. The van der Waals surface area contributed by atoms with E-state index < -0.39 is 17.7 Å². The van der Waals surface area contributed by atoms with Gasteiger partial charge in [0.1, 0.15) is 11.5 Å². The van der Waals surface area contributed by atoms with Crippen LogP contribution in [0.4, 0.5) is 5.13 Å². The molecular weight excluding hydrogens is 460 g/mol. The number of hydrogen-bond acceptors (Lipinski definition) is 6. The van der Waals surface area contributed by atoms with Gasteiger partial charge < -0.3 is 9.84 Å². The molecule has 1 aromatic heterocycles. The van der Waals surface area contributed by atoms with Crippen molar-refractivity contribution in [3.63, 3.8) is 0 Å². The third kappa shape index (κ3) is 3.98. The second-order valence-electron chi connectivity index (χ2n) is 8.46. The third-order valence-corrected chi connectivity index (χ3v) is 7.27. The average molecular weight is 485 g/mol. The number of aliphatic hydroxyl groups excluding tert-OH is 1. The Morgan fingerprint density at radius 2 is 1.77 bits per heavy atom. The normalized spacial score (nSPS) is 17.3. The number of hydrogen-bond donors (Lipinski definition) is 1. The zero-order chi connectivity index (χ0) is 24.7. The van der Waals surface area contributed by atoms with E-state index in [1.165, 1.54) is 21.8 Å². The molecule has 5 rings (SSSR count). The van der Waals surface area contributed by atoms with Gasteiger partial charge in [0, 0.05) is 5.56 Å². The molecule has 4 aromatic rings. The number of anilines is 1. The zero-order valence-electron chi connectivity index (χ0n) is 19.6. The van der Waals surface area contributed by atoms with Crippen LogP contribution < -0.4 is 9.64 Å². The van der Waals surface area contributed by atoms with Gasteiger partial charge >= 0.3 is 5.91 Å². The molecule has 1 saturated heterocycles. The van der Waals surface area contributed by atoms with Crippen molar-refractivity contribution in [3.8, 4) is 5.75 Å². The van der Waals surface area contributed by atoms with Gasteiger partial charge in [-0.05, 0) is 48.7 Å². The maximum absolute atomic E-state index is 13.4. The van der Waals surface area contributed by atoms with Crippen LogP contribution in [-0.2, 0) is 16.0 Å². The first-order valence-corrected chi connectivity index (χ1v) is 12.1. The van der Waals surface area contributed by atoms with E-state index in [0.29, 0.717) is 22.0 Å². The van der Waals surface area contributed by atoms with E-state index in [2.05, 4.69) is 18.0 Å². The van der Waals surface area contributed by atoms with Crippen LogP contribution in [0.1, 0.15) is 35.2 Å². The van der Waals surface area contributed by atoms with Gasteiger partial charge in [0.2, 0.25) is 0 Å². The van der Waals surface area contributed by atoms with Gasteiger partial charge in [-0.15, -0.1) is 0 Å². The fraction of sp³-hybridized carbons (Fsp3) is 0.179. The van der Waals surface area contributed by atoms with Crippen LogP contribution in [0.5, 0.6) is 5.75 Å². The molecular formula is C28H24N2O4S. The number of thiazole rings is 1. The van der Waals surface area contributed by atoms with Crippen molar-refractivity contribution >= 4 is 44.1 Å². The Morgan fingerprint density at radius 1 is 1.06 bits per heavy atom. The van der Waals surface area contributed by atoms with Crippen molar-refractivity contribution < 1.29 is 19.4 Å². The van der Waals surface area contributed by atoms with Crippen molar-refractivity contribution in [3.05, 3.63) is 94.6 Å². The molecule has 1 N–H and O–H groups in total. The van der Waals surface area contributed by atoms with E-state index in [1.807, 2.05) is 31.2 Å². The monoisotopic (exact) mass is 484 g/mol. The number of aliphatic hydroxyl groups is 1. The Hall–Kier alpha value is -3.97. The molecule has 1 fully saturated rings. The van der Waals surface area contributed by atoms with E-state index in [-0.39, 0.29) is 11.3 Å². The van der Waals surface area contributed by atoms with Crippen molar-refractivity contribution in [1.29, 1.82) is 0 Å². The van der Waals surface area contributed by atoms with Crippen LogP contribution in [0.2, 0.25) is 0 Å². The molecule has 1 atom stereocenters. The molecule has 0 spiro atoms. The summed E-state index contributed by atoms with van der Waals surface area (Å²) in [5.74, 6) is -1.01. The van der Waals surface area contributed by atoms with Gasteiger partial charge in [0.05, 0.1) is 28.9 Å². The highest BCUT2D eigenvalue weighted by Crippen LogP contribution is 2.44. The summed E-state index contributed by atoms with van der Waals surface area (Å²) in [6, 6.07) is 19.5. The molecule has 1 aliphatic rings. The summed E-state index contributed by atoms with van der Waals surface area (Å²) >= 11 is 1.36. The lowest BCUT2D eigenvalue weighted by Gasteiger charge is -2.23. The van der Waals surface area contributed by atoms with Crippen LogP contribution in [0, 0.1) is 6.92 Å². The fourth-order valence-corrected chi connectivity index (χ4v) is 5.33. The molecule has 0 radical (unpaired) electrons. The van der Waals surface area contributed by atoms with Crippen molar-refractivity contribution in [2.24, 2.45) is 0 Å². The topological polar surface area (TPSA) is 79.7 Å². The Morgan fingerprint density at radius 3 is 2.43 bits per heavy atom. The quantitative estimate of drug-likeness (QED) is 0.220. The summed E-state index contributed by atoms with van der Waals surface area (Å²) in [5, 5.41) is 11.7. The minimum atomic E-state index is -0.826. The molecule has 7 heteroatoms. The maximum atomic E-state index is 13.4. The summed E-state index contributed by atoms with van der Waals surface area (Å²) in [6.45, 7) is 4.02. The van der Waals surface area contributed by atoms with E-state index in [9.17, 15) is 14.7 Å². The van der Waals surface area contributed by atoms with Crippen LogP contribution in [0.25, 0.3) is 16.0 Å². The lowest BCUT2D eigenvalue weighted by atomic mass is 9.95. The first-order valence-electron chi connectivity index (χ1n) is 11.3. The minimum Gasteiger partial charge on any atom is -0.507 e. The first-order chi connectivity index (χ1) is 16.9. The fourth-order valence-electron chi connectivity index (χ4n) is 4.28. The molecule has 176 valence electrons. The van der Waals surface area contributed by atoms with Crippen LogP contribution in [0.15, 0.2) is 72.3 Å². The number of ether oxygens (including phenoxy) is 1. The Labute approximate surface area is 207 Å². The number of amides is 1. The number of fused-ring (bicyclic) bond motifs is 1. The summed E-state index contributed by atoms with van der Waals surface area (Å²) in [7, 11) is 1.57. The molecule has 0 aliphatic carbocycles. The Kier molecular flexibility index (Phi) is 5.86. The summed E-state index contributed by atoms with van der Waals surface area (Å²) in [4.78, 5) is 32.8. The highest BCUT2D eigenvalue weighted by Gasteiger charge is 2.48. The number of Topliss-reactive ketones (excluding diaryl/α,β-unsaturated/α-hetero) is 1. The van der Waals surface area contributed by atoms with Crippen molar-refractivity contribution in [1.82, 2.24) is 4.98 Å². The lowest BCUT2D eigenvalue weighted by molar-refractivity contribution is -0.132. The molecule has 1 aliphatic heterocycles. The predicted octanol–water partition coefficient (Wildman–Crippen LogP) is 5.80. The van der Waals surface area contributed by atoms with Gasteiger partial charge in [0.15, 0.2) is 5.13 Å². The molecule has 3 aromatic carbocycles. The van der Waals surface area contributed by atoms with Gasteiger partial charge in [-0.1, -0.05) is 66.3 Å². The van der Waals surface area contributed by atoms with Gasteiger partial charge in [-0.2, -0.15) is 0 Å². The van der Waals surface area contributed by atoms with Gasteiger partial charge in [0.25, 0.3) is 5.78 Å². The molecule has 1 unspecified atom stereocenters. The van der Waals surface area contributed by atoms with E-state index in [0.717, 1.165) is 22.2 Å². The van der Waals surface area contributed by atoms with E-state index in [1.54, 1.807) is 43.5 Å². The number of benzene rings is 3. The first kappa shape index (κ1) is 22.8. The van der Waals surface area contributed by atoms with E-state index in [4.69, 9.17) is 4.74 Å². The van der Waals surface area contributed by atoms with Gasteiger partial charge in [-0.3, -0.25) is 14.5 Å². The summed E-state index contributed by atoms with van der Waals surface area (Å²) in [5.41, 5.74) is 4.14. The number of carbonyl (C=O) groups excluding carboxylic acids is 2. The molecule has 6 nitrogen and oxygen atoms in total. The largest absolute Gasteiger partial charge is 0.507 e. The second-order valence-corrected chi connectivity index (χ2v) is 9.47. The van der Waals surface area contributed by atoms with Gasteiger partial charge in [-0.25, -0.2) is 4.98 Å². The molecule has 2 heterocycles. The van der Waals surface area contributed by atoms with Crippen molar-refractivity contribution in [2.75, 3.05) is 12.0 Å². The minimum absolute atomic E-state index is 0.0394. The number of aromatic nitrogens is 1. The highest BCUT2D eigenvalue weighted by atomic mass is 32.1. The molecule has 35 heavy (non-hydrogen) atoms. The third-order valence-electron chi connectivity index (χ3n) is 6.26. The predicted molar refractivity (Wildman–Crippen MR) is 138 cm³/mol. The van der Waals surface area contributed by atoms with Crippen molar-refractivity contribution in [2.45, 2.75) is 26.3 Å². The maximum Gasteiger partial charge on any atom is 0.301 e. The number of ketones is 1. The highest BCUT2D eigenvalue weighted by molar-refractivity contribution is 7.22. The number of methoxy groups -OCH3 is 1. The summed E-state index contributed by atoms with van der Waals surface area (Å²) in [6.07, 6.45) is 0.885. The molecule has 1 amide bonds. The average Bonchev–Trinajstić information content (AvgIpc) is 3.41. The molecule has 0 bridgehead atoms. The van der Waals surface area contributed by atoms with Crippen LogP contribution in [-0.4, -0.2) is 28.9 Å². The van der Waals surface area contributed by atoms with Crippen LogP contribution >= 0.6 is 11.3 Å². The zero-order valence-corrected chi connectivity index (χ0v) is 20.4. The lowest BCUT2D eigenvalue weighted by Crippen LogP contribution is -2.29. The smallest absolute Gasteiger partial charge is 0.301 e. The summed E-state index contributed by atoms with van der Waals surface area (Å²) < 4.78 is 6.22. The van der Waals surface area contributed by atoms with Crippen LogP contribution in [0.3, 0.4) is 0 Å². The second kappa shape index (κ2) is 9.00. The van der Waals surface area contributed by atoms with E-state index >= 15 is 0 Å². The standard InChI is InChI=1S/C28H24N2O4S/c1-4-17-7-14-21-22(15-17)35-28(29-21)30-24(18-10-12-20(34-3)13-11-18)23(26(32)27(30)33)25(31)19-8-5-16(2)6-9-19/h5-15,24,31H,4H2,1-3H3/b25-23+. The number of carbonyl (C=O) groups is 2. The number of nitrogens with zero attached hydrogens (tertiary/aromatic N) is 2.